The molecular formula is C9H9ClN2O3. The maximum Gasteiger partial charge on any atom is 0.335 e. The van der Waals surface area contributed by atoms with Crippen LogP contribution in [0, 0.1) is 0 Å². The molecule has 1 aromatic carbocycles. The predicted molar refractivity (Wildman–Crippen MR) is 56.5 cm³/mol. The highest BCUT2D eigenvalue weighted by Crippen LogP contribution is 2.22. The molecule has 0 unspecified atom stereocenters. The number of anilines is 1. The Morgan fingerprint density at radius 1 is 1.40 bits per heavy atom. The first kappa shape index (κ1) is 11.3. The Balaban J connectivity index is 2.93. The standard InChI is InChI=1S/C9H9ClN2O3/c1-11-9(15)12-7-3-2-5(8(13)14)4-6(7)10/h2-4H,1H3,(H,13,14)(H2,11,12,15). The van der Waals surface area contributed by atoms with Crippen molar-refractivity contribution in [2.45, 2.75) is 0 Å². The monoisotopic (exact) mass is 228 g/mol. The van der Waals surface area contributed by atoms with Crippen LogP contribution < -0.4 is 10.6 Å². The number of carboxylic acids is 1. The van der Waals surface area contributed by atoms with E-state index in [2.05, 4.69) is 10.6 Å². The van der Waals surface area contributed by atoms with E-state index in [0.29, 0.717) is 5.69 Å². The number of hydrogen-bond donors (Lipinski definition) is 3. The topological polar surface area (TPSA) is 78.4 Å². The molecule has 2 amide bonds. The van der Waals surface area contributed by atoms with Crippen molar-refractivity contribution in [1.82, 2.24) is 5.32 Å². The highest BCUT2D eigenvalue weighted by atomic mass is 35.5. The van der Waals surface area contributed by atoms with Gasteiger partial charge in [0.05, 0.1) is 16.3 Å². The number of benzene rings is 1. The van der Waals surface area contributed by atoms with Crippen LogP contribution in [0.25, 0.3) is 0 Å². The highest BCUT2D eigenvalue weighted by molar-refractivity contribution is 6.34. The van der Waals surface area contributed by atoms with Gasteiger partial charge in [0.15, 0.2) is 0 Å². The second-order valence-electron chi connectivity index (χ2n) is 2.70. The zero-order valence-electron chi connectivity index (χ0n) is 7.87. The van der Waals surface area contributed by atoms with Gasteiger partial charge >= 0.3 is 12.0 Å². The summed E-state index contributed by atoms with van der Waals surface area (Å²) in [5, 5.41) is 13.7. The first-order chi connectivity index (χ1) is 7.04. The van der Waals surface area contributed by atoms with Gasteiger partial charge in [0, 0.05) is 7.05 Å². The summed E-state index contributed by atoms with van der Waals surface area (Å²) in [6.45, 7) is 0. The summed E-state index contributed by atoms with van der Waals surface area (Å²) < 4.78 is 0. The van der Waals surface area contributed by atoms with E-state index in [9.17, 15) is 9.59 Å². The smallest absolute Gasteiger partial charge is 0.335 e. The number of halogens is 1. The molecule has 6 heteroatoms. The van der Waals surface area contributed by atoms with Crippen LogP contribution in [0.15, 0.2) is 18.2 Å². The normalized spacial score (nSPS) is 9.47. The number of amides is 2. The van der Waals surface area contributed by atoms with Gasteiger partial charge in [0.2, 0.25) is 0 Å². The van der Waals surface area contributed by atoms with Gasteiger partial charge in [-0.25, -0.2) is 9.59 Å². The number of carboxylic acid groups (broad SMARTS) is 1. The third-order valence-corrected chi connectivity index (χ3v) is 2.00. The van der Waals surface area contributed by atoms with Crippen molar-refractivity contribution < 1.29 is 14.7 Å². The number of hydrogen-bond acceptors (Lipinski definition) is 2. The molecular weight excluding hydrogens is 220 g/mol. The van der Waals surface area contributed by atoms with Crippen LogP contribution in [0.3, 0.4) is 0 Å². The molecule has 0 heterocycles. The number of aromatic carboxylic acids is 1. The molecule has 0 radical (unpaired) electrons. The van der Waals surface area contributed by atoms with Crippen molar-refractivity contribution in [1.29, 1.82) is 0 Å². The molecule has 0 aliphatic rings. The molecule has 0 bridgehead atoms. The zero-order chi connectivity index (χ0) is 11.4. The van der Waals surface area contributed by atoms with Crippen molar-refractivity contribution in [3.8, 4) is 0 Å². The molecule has 3 N–H and O–H groups in total. The fourth-order valence-electron chi connectivity index (χ4n) is 0.934. The average Bonchev–Trinajstić information content (AvgIpc) is 2.20. The molecule has 0 aromatic heterocycles. The summed E-state index contributed by atoms with van der Waals surface area (Å²) in [5.41, 5.74) is 0.434. The Morgan fingerprint density at radius 2 is 2.07 bits per heavy atom. The molecule has 80 valence electrons. The molecule has 0 aliphatic carbocycles. The predicted octanol–water partition coefficient (Wildman–Crippen LogP) is 1.79. The molecule has 0 fully saturated rings. The summed E-state index contributed by atoms with van der Waals surface area (Å²) in [6, 6.07) is 3.65. The van der Waals surface area contributed by atoms with E-state index < -0.39 is 12.0 Å². The number of urea groups is 1. The van der Waals surface area contributed by atoms with Crippen LogP contribution >= 0.6 is 11.6 Å². The van der Waals surface area contributed by atoms with E-state index in [1.807, 2.05) is 0 Å². The first-order valence-corrected chi connectivity index (χ1v) is 4.44. The van der Waals surface area contributed by atoms with E-state index in [1.165, 1.54) is 25.2 Å². The zero-order valence-corrected chi connectivity index (χ0v) is 8.63. The van der Waals surface area contributed by atoms with E-state index in [1.54, 1.807) is 0 Å². The number of nitrogens with one attached hydrogen (secondary N) is 2. The minimum Gasteiger partial charge on any atom is -0.478 e. The van der Waals surface area contributed by atoms with Crippen LogP contribution in [0.5, 0.6) is 0 Å². The van der Waals surface area contributed by atoms with Crippen LogP contribution in [0.1, 0.15) is 10.4 Å². The number of rotatable bonds is 2. The Bertz CT molecular complexity index is 406. The van der Waals surface area contributed by atoms with Gasteiger partial charge in [-0.05, 0) is 18.2 Å². The number of carbonyl (C=O) groups is 2. The Hall–Kier alpha value is -1.75. The molecule has 15 heavy (non-hydrogen) atoms. The second kappa shape index (κ2) is 4.65. The molecule has 0 atom stereocenters. The van der Waals surface area contributed by atoms with E-state index in [-0.39, 0.29) is 10.6 Å². The fraction of sp³-hybridized carbons (Fsp3) is 0.111. The molecule has 1 aromatic rings. The second-order valence-corrected chi connectivity index (χ2v) is 3.11. The summed E-state index contributed by atoms with van der Waals surface area (Å²) >= 11 is 5.77. The first-order valence-electron chi connectivity index (χ1n) is 4.06. The van der Waals surface area contributed by atoms with Gasteiger partial charge in [-0.1, -0.05) is 11.6 Å². The van der Waals surface area contributed by atoms with Gasteiger partial charge in [-0.2, -0.15) is 0 Å². The summed E-state index contributed by atoms with van der Waals surface area (Å²) in [6.07, 6.45) is 0. The van der Waals surface area contributed by atoms with Crippen LogP contribution in [-0.4, -0.2) is 24.2 Å². The molecule has 1 rings (SSSR count). The van der Waals surface area contributed by atoms with Crippen LogP contribution in [0.4, 0.5) is 10.5 Å². The third kappa shape index (κ3) is 2.85. The van der Waals surface area contributed by atoms with Crippen LogP contribution in [-0.2, 0) is 0 Å². The lowest BCUT2D eigenvalue weighted by Gasteiger charge is -2.06. The lowest BCUT2D eigenvalue weighted by molar-refractivity contribution is 0.0697. The van der Waals surface area contributed by atoms with Gasteiger partial charge in [-0.3, -0.25) is 0 Å². The van der Waals surface area contributed by atoms with Gasteiger partial charge < -0.3 is 15.7 Å². The minimum atomic E-state index is -1.07. The van der Waals surface area contributed by atoms with Gasteiger partial charge in [-0.15, -0.1) is 0 Å². The quantitative estimate of drug-likeness (QED) is 0.722. The molecule has 0 saturated carbocycles. The van der Waals surface area contributed by atoms with Crippen molar-refractivity contribution >= 4 is 29.3 Å². The van der Waals surface area contributed by atoms with Crippen molar-refractivity contribution in [2.75, 3.05) is 12.4 Å². The largest absolute Gasteiger partial charge is 0.478 e. The minimum absolute atomic E-state index is 0.0717. The van der Waals surface area contributed by atoms with E-state index in [4.69, 9.17) is 16.7 Å². The SMILES string of the molecule is CNC(=O)Nc1ccc(C(=O)O)cc1Cl. The molecule has 0 spiro atoms. The van der Waals surface area contributed by atoms with E-state index in [0.717, 1.165) is 0 Å². The Morgan fingerprint density at radius 3 is 2.53 bits per heavy atom. The van der Waals surface area contributed by atoms with E-state index >= 15 is 0 Å². The Labute approximate surface area is 91.0 Å². The number of carbonyl (C=O) groups excluding carboxylic acids is 1. The van der Waals surface area contributed by atoms with Crippen molar-refractivity contribution in [2.24, 2.45) is 0 Å². The van der Waals surface area contributed by atoms with Gasteiger partial charge in [0.1, 0.15) is 0 Å². The lowest BCUT2D eigenvalue weighted by Crippen LogP contribution is -2.24. The van der Waals surface area contributed by atoms with Gasteiger partial charge in [0.25, 0.3) is 0 Å². The Kier molecular flexibility index (Phi) is 3.51. The fourth-order valence-corrected chi connectivity index (χ4v) is 1.16. The maximum atomic E-state index is 11.0. The van der Waals surface area contributed by atoms with Crippen molar-refractivity contribution in [3.05, 3.63) is 28.8 Å². The van der Waals surface area contributed by atoms with Crippen molar-refractivity contribution in [3.63, 3.8) is 0 Å². The van der Waals surface area contributed by atoms with Crippen LogP contribution in [0.2, 0.25) is 5.02 Å². The summed E-state index contributed by atoms with van der Waals surface area (Å²) in [7, 11) is 1.47. The molecule has 5 nitrogen and oxygen atoms in total. The highest BCUT2D eigenvalue weighted by Gasteiger charge is 2.08. The summed E-state index contributed by atoms with van der Waals surface area (Å²) in [5.74, 6) is -1.07. The molecule has 0 aliphatic heterocycles. The lowest BCUT2D eigenvalue weighted by atomic mass is 10.2. The molecule has 0 saturated heterocycles. The average molecular weight is 229 g/mol. The summed E-state index contributed by atoms with van der Waals surface area (Å²) in [4.78, 5) is 21.5. The third-order valence-electron chi connectivity index (χ3n) is 1.69. The maximum absolute atomic E-state index is 11.0.